The van der Waals surface area contributed by atoms with Crippen molar-refractivity contribution in [2.45, 2.75) is 31.9 Å². The Morgan fingerprint density at radius 2 is 1.96 bits per heavy atom. The van der Waals surface area contributed by atoms with Gasteiger partial charge in [-0.25, -0.2) is 4.98 Å². The fourth-order valence-electron chi connectivity index (χ4n) is 3.64. The number of β-amino-alcohol motifs (C(OH)–C–C–N with tert-alkyl or cyclic N) is 1. The molecule has 0 aliphatic carbocycles. The molecule has 6 heteroatoms. The number of thiazole rings is 1. The Morgan fingerprint density at radius 1 is 1.18 bits per heavy atom. The lowest BCUT2D eigenvalue weighted by molar-refractivity contribution is -0.121. The standard InChI is InChI=1S/C22H25N3O2S/c26-18(15-25-12-11-16-5-1-2-6-17(16)14-25)13-23-21(27)9-10-22-24-19-7-3-4-8-20(19)28-22/h1-8,18,26H,9-15H2,(H,23,27)/t18-/m1/s1. The van der Waals surface area contributed by atoms with Crippen molar-refractivity contribution < 1.29 is 9.90 Å². The SMILES string of the molecule is O=C(CCc1nc2ccccc2s1)NC[C@@H](O)CN1CCc2ccccc2C1. The van der Waals surface area contributed by atoms with Crippen LogP contribution in [0, 0.1) is 0 Å². The maximum atomic E-state index is 12.1. The molecule has 0 saturated heterocycles. The second-order valence-corrected chi connectivity index (χ2v) is 8.40. The summed E-state index contributed by atoms with van der Waals surface area (Å²) in [6, 6.07) is 16.5. The number of benzene rings is 2. The van der Waals surface area contributed by atoms with Gasteiger partial charge in [-0.3, -0.25) is 9.69 Å². The van der Waals surface area contributed by atoms with Gasteiger partial charge in [-0.1, -0.05) is 36.4 Å². The highest BCUT2D eigenvalue weighted by Gasteiger charge is 2.18. The van der Waals surface area contributed by atoms with Crippen molar-refractivity contribution in [2.75, 3.05) is 19.6 Å². The van der Waals surface area contributed by atoms with Gasteiger partial charge in [0.05, 0.1) is 21.3 Å². The Balaban J connectivity index is 1.19. The normalized spacial score (nSPS) is 15.3. The number of aliphatic hydroxyl groups is 1. The number of amides is 1. The summed E-state index contributed by atoms with van der Waals surface area (Å²) in [7, 11) is 0. The van der Waals surface area contributed by atoms with Gasteiger partial charge in [0, 0.05) is 39.0 Å². The number of aliphatic hydroxyl groups excluding tert-OH is 1. The topological polar surface area (TPSA) is 65.5 Å². The summed E-state index contributed by atoms with van der Waals surface area (Å²) in [6.07, 6.45) is 1.47. The second kappa shape index (κ2) is 8.82. The number of carbonyl (C=O) groups is 1. The first-order valence-electron chi connectivity index (χ1n) is 9.76. The third-order valence-electron chi connectivity index (χ3n) is 5.12. The van der Waals surface area contributed by atoms with Crippen LogP contribution >= 0.6 is 11.3 Å². The molecule has 1 aromatic heterocycles. The van der Waals surface area contributed by atoms with Crippen LogP contribution in [0.2, 0.25) is 0 Å². The predicted molar refractivity (Wildman–Crippen MR) is 112 cm³/mol. The predicted octanol–water partition coefficient (Wildman–Crippen LogP) is 2.76. The van der Waals surface area contributed by atoms with Gasteiger partial charge >= 0.3 is 0 Å². The van der Waals surface area contributed by atoms with Crippen LogP contribution in [-0.4, -0.2) is 46.6 Å². The largest absolute Gasteiger partial charge is 0.390 e. The Hall–Kier alpha value is -2.28. The van der Waals surface area contributed by atoms with Crippen LogP contribution in [-0.2, 0) is 24.2 Å². The summed E-state index contributed by atoms with van der Waals surface area (Å²) in [5, 5.41) is 14.1. The summed E-state index contributed by atoms with van der Waals surface area (Å²) in [4.78, 5) is 18.9. The van der Waals surface area contributed by atoms with Crippen molar-refractivity contribution >= 4 is 27.5 Å². The quantitative estimate of drug-likeness (QED) is 0.646. The van der Waals surface area contributed by atoms with Gasteiger partial charge in [-0.05, 0) is 29.7 Å². The molecule has 146 valence electrons. The van der Waals surface area contributed by atoms with Gasteiger partial charge in [0.2, 0.25) is 5.91 Å². The van der Waals surface area contributed by atoms with Gasteiger partial charge in [0.15, 0.2) is 0 Å². The number of rotatable bonds is 7. The van der Waals surface area contributed by atoms with Crippen LogP contribution in [0.4, 0.5) is 0 Å². The van der Waals surface area contributed by atoms with E-state index in [-0.39, 0.29) is 12.5 Å². The van der Waals surface area contributed by atoms with Crippen molar-refractivity contribution in [3.63, 3.8) is 0 Å². The van der Waals surface area contributed by atoms with Crippen molar-refractivity contribution in [2.24, 2.45) is 0 Å². The van der Waals surface area contributed by atoms with Gasteiger partial charge in [-0.2, -0.15) is 0 Å². The third kappa shape index (κ3) is 4.76. The van der Waals surface area contributed by atoms with Gasteiger partial charge in [0.25, 0.3) is 0 Å². The lowest BCUT2D eigenvalue weighted by Gasteiger charge is -2.30. The molecule has 4 rings (SSSR count). The lowest BCUT2D eigenvalue weighted by atomic mass is 10.00. The van der Waals surface area contributed by atoms with Crippen LogP contribution in [0.15, 0.2) is 48.5 Å². The molecule has 1 aliphatic heterocycles. The van der Waals surface area contributed by atoms with E-state index in [9.17, 15) is 9.90 Å². The summed E-state index contributed by atoms with van der Waals surface area (Å²) < 4.78 is 1.15. The Bertz CT molecular complexity index is 923. The zero-order valence-electron chi connectivity index (χ0n) is 15.8. The van der Waals surface area contributed by atoms with Crippen LogP contribution in [0.1, 0.15) is 22.6 Å². The second-order valence-electron chi connectivity index (χ2n) is 7.29. The number of aryl methyl sites for hydroxylation is 1. The minimum atomic E-state index is -0.559. The molecule has 3 aromatic rings. The zero-order chi connectivity index (χ0) is 19.3. The average Bonchev–Trinajstić information content (AvgIpc) is 3.14. The van der Waals surface area contributed by atoms with Crippen molar-refractivity contribution in [1.29, 1.82) is 0 Å². The Morgan fingerprint density at radius 3 is 2.82 bits per heavy atom. The molecular weight excluding hydrogens is 370 g/mol. The molecule has 2 N–H and O–H groups in total. The molecule has 1 atom stereocenters. The first-order valence-corrected chi connectivity index (χ1v) is 10.6. The number of nitrogens with one attached hydrogen (secondary N) is 1. The molecular formula is C22H25N3O2S. The Kier molecular flexibility index (Phi) is 6.00. The van der Waals surface area contributed by atoms with Crippen molar-refractivity contribution in [3.05, 3.63) is 64.7 Å². The zero-order valence-corrected chi connectivity index (χ0v) is 16.6. The number of nitrogens with zero attached hydrogens (tertiary/aromatic N) is 2. The van der Waals surface area contributed by atoms with E-state index in [4.69, 9.17) is 0 Å². The van der Waals surface area contributed by atoms with Crippen LogP contribution in [0.3, 0.4) is 0 Å². The summed E-state index contributed by atoms with van der Waals surface area (Å²) in [5.74, 6) is -0.0395. The number of carbonyl (C=O) groups excluding carboxylic acids is 1. The Labute approximate surface area is 169 Å². The molecule has 0 unspecified atom stereocenters. The summed E-state index contributed by atoms with van der Waals surface area (Å²) in [5.41, 5.74) is 3.72. The van der Waals surface area contributed by atoms with Gasteiger partial charge in [-0.15, -0.1) is 11.3 Å². The van der Waals surface area contributed by atoms with Gasteiger partial charge in [0.1, 0.15) is 0 Å². The molecule has 0 fully saturated rings. The molecule has 0 saturated carbocycles. The maximum Gasteiger partial charge on any atom is 0.220 e. The van der Waals surface area contributed by atoms with E-state index in [1.165, 1.54) is 11.1 Å². The van der Waals surface area contributed by atoms with Crippen molar-refractivity contribution in [1.82, 2.24) is 15.2 Å². The van der Waals surface area contributed by atoms with E-state index in [1.54, 1.807) is 11.3 Å². The molecule has 0 radical (unpaired) electrons. The number of fused-ring (bicyclic) bond motifs is 2. The molecule has 5 nitrogen and oxygen atoms in total. The van der Waals surface area contributed by atoms with Crippen molar-refractivity contribution in [3.8, 4) is 0 Å². The molecule has 1 aliphatic rings. The maximum absolute atomic E-state index is 12.1. The average molecular weight is 396 g/mol. The van der Waals surface area contributed by atoms with E-state index >= 15 is 0 Å². The van der Waals surface area contributed by atoms with Crippen LogP contribution in [0.25, 0.3) is 10.2 Å². The van der Waals surface area contributed by atoms with Gasteiger partial charge < -0.3 is 10.4 Å². The van der Waals surface area contributed by atoms with Crippen LogP contribution in [0.5, 0.6) is 0 Å². The minimum Gasteiger partial charge on any atom is -0.390 e. The molecule has 1 amide bonds. The molecule has 2 aromatic carbocycles. The van der Waals surface area contributed by atoms with E-state index < -0.39 is 6.10 Å². The fourth-order valence-corrected chi connectivity index (χ4v) is 4.61. The lowest BCUT2D eigenvalue weighted by Crippen LogP contribution is -2.42. The monoisotopic (exact) mass is 395 g/mol. The summed E-state index contributed by atoms with van der Waals surface area (Å²) in [6.45, 7) is 2.67. The first-order chi connectivity index (χ1) is 13.7. The fraction of sp³-hybridized carbons (Fsp3) is 0.364. The van der Waals surface area contributed by atoms with E-state index in [0.717, 1.165) is 34.7 Å². The summed E-state index contributed by atoms with van der Waals surface area (Å²) >= 11 is 1.63. The van der Waals surface area contributed by atoms with E-state index in [0.29, 0.717) is 19.4 Å². The third-order valence-corrected chi connectivity index (χ3v) is 6.21. The van der Waals surface area contributed by atoms with Crippen LogP contribution < -0.4 is 5.32 Å². The molecule has 0 spiro atoms. The number of para-hydroxylation sites is 1. The highest BCUT2D eigenvalue weighted by molar-refractivity contribution is 7.18. The van der Waals surface area contributed by atoms with E-state index in [2.05, 4.69) is 39.5 Å². The van der Waals surface area contributed by atoms with E-state index in [1.807, 2.05) is 24.3 Å². The minimum absolute atomic E-state index is 0.0395. The molecule has 0 bridgehead atoms. The highest BCUT2D eigenvalue weighted by Crippen LogP contribution is 2.22. The first kappa shape index (κ1) is 19.1. The number of aromatic nitrogens is 1. The number of hydrogen-bond acceptors (Lipinski definition) is 5. The number of hydrogen-bond donors (Lipinski definition) is 2. The molecule has 2 heterocycles. The smallest absolute Gasteiger partial charge is 0.220 e. The highest BCUT2D eigenvalue weighted by atomic mass is 32.1. The molecule has 28 heavy (non-hydrogen) atoms.